The molecule has 0 bridgehead atoms. The normalized spacial score (nSPS) is 13.1. The largest absolute Gasteiger partial charge is 0.481 e. The van der Waals surface area contributed by atoms with Crippen molar-refractivity contribution in [3.63, 3.8) is 0 Å². The SMILES string of the molecule is Cc1nn(C(C)C)c(C)c1CCC(C)C(=O)O. The van der Waals surface area contributed by atoms with Gasteiger partial charge in [-0.05, 0) is 46.1 Å². The van der Waals surface area contributed by atoms with Crippen LogP contribution in [-0.2, 0) is 11.2 Å². The molecule has 0 aliphatic carbocycles. The summed E-state index contributed by atoms with van der Waals surface area (Å²) in [5, 5.41) is 13.4. The van der Waals surface area contributed by atoms with E-state index >= 15 is 0 Å². The predicted molar refractivity (Wildman–Crippen MR) is 67.2 cm³/mol. The molecule has 1 rings (SSSR count). The molecule has 1 heterocycles. The van der Waals surface area contributed by atoms with Gasteiger partial charge in [-0.15, -0.1) is 0 Å². The van der Waals surface area contributed by atoms with E-state index in [0.717, 1.165) is 17.8 Å². The summed E-state index contributed by atoms with van der Waals surface area (Å²) in [4.78, 5) is 10.8. The van der Waals surface area contributed by atoms with Crippen LogP contribution >= 0.6 is 0 Å². The first-order valence-corrected chi connectivity index (χ1v) is 6.12. The Morgan fingerprint density at radius 2 is 1.94 bits per heavy atom. The summed E-state index contributed by atoms with van der Waals surface area (Å²) in [5.41, 5.74) is 3.38. The minimum atomic E-state index is -0.725. The maximum Gasteiger partial charge on any atom is 0.306 e. The first-order chi connectivity index (χ1) is 7.84. The fourth-order valence-electron chi connectivity index (χ4n) is 2.05. The Balaban J connectivity index is 2.81. The van der Waals surface area contributed by atoms with Crippen LogP contribution < -0.4 is 0 Å². The highest BCUT2D eigenvalue weighted by Gasteiger charge is 2.16. The summed E-state index contributed by atoms with van der Waals surface area (Å²) in [6.45, 7) is 10.00. The molecule has 17 heavy (non-hydrogen) atoms. The van der Waals surface area contributed by atoms with Crippen LogP contribution in [0.5, 0.6) is 0 Å². The van der Waals surface area contributed by atoms with Gasteiger partial charge in [-0.1, -0.05) is 6.92 Å². The molecule has 1 atom stereocenters. The number of carboxylic acid groups (broad SMARTS) is 1. The zero-order valence-electron chi connectivity index (χ0n) is 11.3. The first-order valence-electron chi connectivity index (χ1n) is 6.12. The van der Waals surface area contributed by atoms with Gasteiger partial charge in [-0.2, -0.15) is 5.10 Å². The number of aryl methyl sites for hydroxylation is 1. The molecule has 1 aromatic rings. The Morgan fingerprint density at radius 1 is 1.35 bits per heavy atom. The van der Waals surface area contributed by atoms with Gasteiger partial charge in [0.1, 0.15) is 0 Å². The second-order valence-electron chi connectivity index (χ2n) is 4.97. The maximum absolute atomic E-state index is 10.8. The average molecular weight is 238 g/mol. The smallest absolute Gasteiger partial charge is 0.306 e. The quantitative estimate of drug-likeness (QED) is 0.858. The Bertz CT molecular complexity index is 408. The van der Waals surface area contributed by atoms with Crippen LogP contribution in [0, 0.1) is 19.8 Å². The summed E-state index contributed by atoms with van der Waals surface area (Å²) < 4.78 is 2.01. The molecule has 96 valence electrons. The average Bonchev–Trinajstić information content (AvgIpc) is 2.51. The third kappa shape index (κ3) is 3.08. The van der Waals surface area contributed by atoms with Crippen molar-refractivity contribution in [2.45, 2.75) is 53.5 Å². The summed E-state index contributed by atoms with van der Waals surface area (Å²) in [6.07, 6.45) is 1.46. The summed E-state index contributed by atoms with van der Waals surface area (Å²) >= 11 is 0. The number of rotatable bonds is 5. The van der Waals surface area contributed by atoms with E-state index in [-0.39, 0.29) is 5.92 Å². The van der Waals surface area contributed by atoms with E-state index in [2.05, 4.69) is 25.9 Å². The molecular formula is C13H22N2O2. The first kappa shape index (κ1) is 13.7. The third-order valence-corrected chi connectivity index (χ3v) is 3.21. The van der Waals surface area contributed by atoms with Crippen molar-refractivity contribution in [3.8, 4) is 0 Å². The molecule has 0 saturated heterocycles. The van der Waals surface area contributed by atoms with Gasteiger partial charge in [-0.25, -0.2) is 0 Å². The fourth-order valence-corrected chi connectivity index (χ4v) is 2.05. The van der Waals surface area contributed by atoms with Gasteiger partial charge in [0.25, 0.3) is 0 Å². The second-order valence-corrected chi connectivity index (χ2v) is 4.97. The highest BCUT2D eigenvalue weighted by molar-refractivity contribution is 5.69. The van der Waals surface area contributed by atoms with E-state index in [1.807, 2.05) is 11.6 Å². The van der Waals surface area contributed by atoms with Gasteiger partial charge >= 0.3 is 5.97 Å². The van der Waals surface area contributed by atoms with E-state index in [0.29, 0.717) is 12.5 Å². The highest BCUT2D eigenvalue weighted by atomic mass is 16.4. The molecule has 0 aliphatic rings. The lowest BCUT2D eigenvalue weighted by Gasteiger charge is -2.09. The number of aromatic nitrogens is 2. The number of hydrogen-bond acceptors (Lipinski definition) is 2. The lowest BCUT2D eigenvalue weighted by atomic mass is 10.00. The van der Waals surface area contributed by atoms with Crippen molar-refractivity contribution in [3.05, 3.63) is 17.0 Å². The molecule has 1 aromatic heterocycles. The Morgan fingerprint density at radius 3 is 2.35 bits per heavy atom. The van der Waals surface area contributed by atoms with Crippen LogP contribution in [0.2, 0.25) is 0 Å². The Labute approximate surface area is 103 Å². The molecule has 0 saturated carbocycles. The zero-order chi connectivity index (χ0) is 13.2. The van der Waals surface area contributed by atoms with Crippen LogP contribution in [0.1, 0.15) is 50.2 Å². The molecule has 0 aliphatic heterocycles. The van der Waals surface area contributed by atoms with Crippen molar-refractivity contribution in [1.29, 1.82) is 0 Å². The van der Waals surface area contributed by atoms with Gasteiger partial charge in [0.05, 0.1) is 11.6 Å². The molecule has 1 N–H and O–H groups in total. The molecule has 0 aromatic carbocycles. The standard InChI is InChI=1S/C13H22N2O2/c1-8(2)15-11(5)12(10(4)14-15)7-6-9(3)13(16)17/h8-9H,6-7H2,1-5H3,(H,16,17). The maximum atomic E-state index is 10.8. The summed E-state index contributed by atoms with van der Waals surface area (Å²) in [7, 11) is 0. The molecule has 0 amide bonds. The number of aliphatic carboxylic acids is 1. The van der Waals surface area contributed by atoms with E-state index in [9.17, 15) is 4.79 Å². The van der Waals surface area contributed by atoms with Crippen LogP contribution in [0.3, 0.4) is 0 Å². The van der Waals surface area contributed by atoms with Gasteiger partial charge in [0.15, 0.2) is 0 Å². The minimum absolute atomic E-state index is 0.295. The van der Waals surface area contributed by atoms with Crippen molar-refractivity contribution >= 4 is 5.97 Å². The van der Waals surface area contributed by atoms with Crippen LogP contribution in [-0.4, -0.2) is 20.9 Å². The van der Waals surface area contributed by atoms with Crippen molar-refractivity contribution in [2.75, 3.05) is 0 Å². The summed E-state index contributed by atoms with van der Waals surface area (Å²) in [6, 6.07) is 0.347. The number of hydrogen-bond donors (Lipinski definition) is 1. The molecule has 0 radical (unpaired) electrons. The van der Waals surface area contributed by atoms with Crippen molar-refractivity contribution < 1.29 is 9.90 Å². The zero-order valence-corrected chi connectivity index (χ0v) is 11.3. The highest BCUT2D eigenvalue weighted by Crippen LogP contribution is 2.20. The second kappa shape index (κ2) is 5.34. The Hall–Kier alpha value is -1.32. The van der Waals surface area contributed by atoms with Crippen molar-refractivity contribution in [2.24, 2.45) is 5.92 Å². The molecular weight excluding hydrogens is 216 g/mol. The van der Waals surface area contributed by atoms with E-state index in [1.165, 1.54) is 5.56 Å². The lowest BCUT2D eigenvalue weighted by molar-refractivity contribution is -0.141. The Kier molecular flexibility index (Phi) is 4.32. The molecule has 4 heteroatoms. The summed E-state index contributed by atoms with van der Waals surface area (Å²) in [5.74, 6) is -1.02. The van der Waals surface area contributed by atoms with Crippen molar-refractivity contribution in [1.82, 2.24) is 9.78 Å². The number of carboxylic acids is 1. The van der Waals surface area contributed by atoms with E-state index in [1.54, 1.807) is 6.92 Å². The molecule has 1 unspecified atom stereocenters. The fraction of sp³-hybridized carbons (Fsp3) is 0.692. The molecule has 0 spiro atoms. The number of carbonyl (C=O) groups is 1. The predicted octanol–water partition coefficient (Wildman–Crippen LogP) is 2.73. The lowest BCUT2D eigenvalue weighted by Crippen LogP contribution is -2.11. The van der Waals surface area contributed by atoms with E-state index < -0.39 is 5.97 Å². The van der Waals surface area contributed by atoms with Gasteiger partial charge in [-0.3, -0.25) is 9.48 Å². The van der Waals surface area contributed by atoms with Crippen LogP contribution in [0.4, 0.5) is 0 Å². The number of nitrogens with zero attached hydrogens (tertiary/aromatic N) is 2. The third-order valence-electron chi connectivity index (χ3n) is 3.21. The van der Waals surface area contributed by atoms with E-state index in [4.69, 9.17) is 5.11 Å². The molecule has 0 fully saturated rings. The van der Waals surface area contributed by atoms with Gasteiger partial charge < -0.3 is 5.11 Å². The van der Waals surface area contributed by atoms with Crippen LogP contribution in [0.15, 0.2) is 0 Å². The molecule has 4 nitrogen and oxygen atoms in total. The van der Waals surface area contributed by atoms with Gasteiger partial charge in [0.2, 0.25) is 0 Å². The van der Waals surface area contributed by atoms with Gasteiger partial charge in [0, 0.05) is 11.7 Å². The van der Waals surface area contributed by atoms with Crippen LogP contribution in [0.25, 0.3) is 0 Å². The monoisotopic (exact) mass is 238 g/mol. The minimum Gasteiger partial charge on any atom is -0.481 e. The topological polar surface area (TPSA) is 55.1 Å².